The molecule has 1 aliphatic rings. The van der Waals surface area contributed by atoms with Gasteiger partial charge >= 0.3 is 0 Å². The van der Waals surface area contributed by atoms with E-state index in [1.54, 1.807) is 24.3 Å². The Morgan fingerprint density at radius 3 is 1.55 bits per heavy atom. The van der Waals surface area contributed by atoms with Gasteiger partial charge in [0.15, 0.2) is 17.5 Å². The molecule has 3 heterocycles. The molecule has 7 heteroatoms. The van der Waals surface area contributed by atoms with Crippen molar-refractivity contribution in [3.63, 3.8) is 0 Å². The summed E-state index contributed by atoms with van der Waals surface area (Å²) in [5.74, 6) is 1.60. The van der Waals surface area contributed by atoms with Crippen LogP contribution in [0.3, 0.4) is 0 Å². The Morgan fingerprint density at radius 2 is 0.887 bits per heavy atom. The fraction of sp³-hybridized carbons (Fsp3) is 0.0217. The zero-order chi connectivity index (χ0) is 35.6. The highest BCUT2D eigenvalue weighted by Gasteiger charge is 2.48. The number of para-hydroxylation sites is 1. The van der Waals surface area contributed by atoms with Crippen molar-refractivity contribution < 1.29 is 12.8 Å². The first-order chi connectivity index (χ1) is 26.0. The molecule has 53 heavy (non-hydrogen) atoms. The molecule has 7 aromatic carbocycles. The second kappa shape index (κ2) is 11.9. The lowest BCUT2D eigenvalue weighted by Crippen LogP contribution is -2.37. The third kappa shape index (κ3) is 4.78. The van der Waals surface area contributed by atoms with Gasteiger partial charge in [0.05, 0.1) is 15.2 Å². The van der Waals surface area contributed by atoms with Gasteiger partial charge in [-0.15, -0.1) is 0 Å². The van der Waals surface area contributed by atoms with Crippen LogP contribution in [0.1, 0.15) is 22.3 Å². The maximum Gasteiger partial charge on any atom is 0.207 e. The lowest BCUT2D eigenvalue weighted by molar-refractivity contribution is 0.579. The highest BCUT2D eigenvalue weighted by molar-refractivity contribution is 7.91. The van der Waals surface area contributed by atoms with Crippen molar-refractivity contribution >= 4 is 31.8 Å². The smallest absolute Gasteiger partial charge is 0.207 e. The first kappa shape index (κ1) is 31.1. The second-order valence-electron chi connectivity index (χ2n) is 13.2. The monoisotopic (exact) mass is 703 g/mol. The molecule has 0 saturated heterocycles. The number of furan rings is 1. The molecule has 252 valence electrons. The van der Waals surface area contributed by atoms with E-state index >= 15 is 0 Å². The zero-order valence-corrected chi connectivity index (χ0v) is 29.0. The van der Waals surface area contributed by atoms with Crippen LogP contribution in [0, 0.1) is 0 Å². The van der Waals surface area contributed by atoms with E-state index in [2.05, 4.69) is 36.4 Å². The summed E-state index contributed by atoms with van der Waals surface area (Å²) in [5.41, 5.74) is 6.50. The van der Waals surface area contributed by atoms with E-state index in [1.807, 2.05) is 115 Å². The zero-order valence-electron chi connectivity index (χ0n) is 28.2. The van der Waals surface area contributed by atoms with Gasteiger partial charge < -0.3 is 4.42 Å². The van der Waals surface area contributed by atoms with Crippen LogP contribution in [0.25, 0.3) is 56.1 Å². The molecule has 0 saturated carbocycles. The van der Waals surface area contributed by atoms with Crippen LogP contribution in [-0.2, 0) is 15.3 Å². The van der Waals surface area contributed by atoms with Crippen LogP contribution in [0.2, 0.25) is 0 Å². The average Bonchev–Trinajstić information content (AvgIpc) is 3.60. The second-order valence-corrected chi connectivity index (χ2v) is 15.1. The molecule has 0 amide bonds. The summed E-state index contributed by atoms with van der Waals surface area (Å²) >= 11 is 0. The fourth-order valence-corrected chi connectivity index (χ4v) is 9.62. The van der Waals surface area contributed by atoms with Gasteiger partial charge in [-0.3, -0.25) is 0 Å². The Labute approximate surface area is 306 Å². The van der Waals surface area contributed by atoms with Crippen LogP contribution in [-0.4, -0.2) is 23.4 Å². The van der Waals surface area contributed by atoms with Crippen molar-refractivity contribution in [1.29, 1.82) is 0 Å². The summed E-state index contributed by atoms with van der Waals surface area (Å²) in [5, 5.41) is 2.09. The molecule has 0 fully saturated rings. The van der Waals surface area contributed by atoms with Crippen molar-refractivity contribution in [2.45, 2.75) is 15.2 Å². The minimum Gasteiger partial charge on any atom is -0.456 e. The molecule has 0 atom stereocenters. The topological polar surface area (TPSA) is 86.0 Å². The Morgan fingerprint density at radius 1 is 0.415 bits per heavy atom. The third-order valence-electron chi connectivity index (χ3n) is 10.2. The van der Waals surface area contributed by atoms with Gasteiger partial charge in [0.25, 0.3) is 0 Å². The normalized spacial score (nSPS) is 14.1. The first-order valence-electron chi connectivity index (χ1n) is 17.4. The van der Waals surface area contributed by atoms with E-state index in [1.165, 1.54) is 0 Å². The van der Waals surface area contributed by atoms with Crippen molar-refractivity contribution in [1.82, 2.24) is 15.0 Å². The van der Waals surface area contributed by atoms with Crippen molar-refractivity contribution in [2.24, 2.45) is 0 Å². The van der Waals surface area contributed by atoms with Crippen LogP contribution in [0.5, 0.6) is 0 Å². The van der Waals surface area contributed by atoms with Crippen LogP contribution >= 0.6 is 0 Å². The Balaban J connectivity index is 1.16. The summed E-state index contributed by atoms with van der Waals surface area (Å²) < 4.78 is 34.4. The minimum absolute atomic E-state index is 0.308. The maximum atomic E-state index is 14.1. The van der Waals surface area contributed by atoms with Gasteiger partial charge in [0.1, 0.15) is 11.2 Å². The quantitative estimate of drug-likeness (QED) is 0.177. The molecule has 0 aliphatic carbocycles. The van der Waals surface area contributed by atoms with Crippen molar-refractivity contribution in [3.05, 3.63) is 198 Å². The van der Waals surface area contributed by atoms with Gasteiger partial charge in [0, 0.05) is 27.5 Å². The molecule has 0 radical (unpaired) electrons. The first-order valence-corrected chi connectivity index (χ1v) is 18.8. The lowest BCUT2D eigenvalue weighted by atomic mass is 9.65. The van der Waals surface area contributed by atoms with Crippen molar-refractivity contribution in [3.8, 4) is 34.2 Å². The molecule has 1 aliphatic heterocycles. The minimum atomic E-state index is -3.76. The summed E-state index contributed by atoms with van der Waals surface area (Å²) in [4.78, 5) is 15.6. The van der Waals surface area contributed by atoms with E-state index in [4.69, 9.17) is 19.4 Å². The van der Waals surface area contributed by atoms with Gasteiger partial charge in [-0.2, -0.15) is 0 Å². The number of sulfone groups is 1. The number of aromatic nitrogens is 3. The lowest BCUT2D eigenvalue weighted by Gasteiger charge is -2.41. The standard InChI is InChI=1S/C46H29N3O3S/c50-53(51)41-21-11-8-18-37(41)46(33-15-5-2-6-16-33,38-19-9-12-22-42(38)53)34-26-23-31(24-27-34)44-47-43(30-13-3-1-4-14-30)48-45(49-44)32-25-28-36-35-17-7-10-20-39(35)52-40(36)29-32/h1-29H. The van der Waals surface area contributed by atoms with E-state index in [0.29, 0.717) is 38.4 Å². The van der Waals surface area contributed by atoms with Gasteiger partial charge in [0.2, 0.25) is 9.84 Å². The predicted molar refractivity (Wildman–Crippen MR) is 207 cm³/mol. The highest BCUT2D eigenvalue weighted by atomic mass is 32.2. The van der Waals surface area contributed by atoms with Crippen LogP contribution in [0.4, 0.5) is 0 Å². The van der Waals surface area contributed by atoms with Gasteiger partial charge in [-0.1, -0.05) is 146 Å². The summed E-state index contributed by atoms with van der Waals surface area (Å²) in [6.07, 6.45) is 0. The van der Waals surface area contributed by atoms with E-state index < -0.39 is 15.3 Å². The fourth-order valence-electron chi connectivity index (χ4n) is 7.85. The molecule has 2 aromatic heterocycles. The highest BCUT2D eigenvalue weighted by Crippen LogP contribution is 2.53. The summed E-state index contributed by atoms with van der Waals surface area (Å²) in [7, 11) is -3.76. The molecule has 0 bridgehead atoms. The number of nitrogens with zero attached hydrogens (tertiary/aromatic N) is 3. The molecule has 6 nitrogen and oxygen atoms in total. The predicted octanol–water partition coefficient (Wildman–Crippen LogP) is 10.3. The maximum absolute atomic E-state index is 14.1. The number of hydrogen-bond acceptors (Lipinski definition) is 6. The molecular formula is C46H29N3O3S. The van der Waals surface area contributed by atoms with E-state index in [9.17, 15) is 8.42 Å². The van der Waals surface area contributed by atoms with Gasteiger partial charge in [-0.05, 0) is 52.6 Å². The number of hydrogen-bond donors (Lipinski definition) is 0. The summed E-state index contributed by atoms with van der Waals surface area (Å²) in [6.45, 7) is 0. The third-order valence-corrected chi connectivity index (χ3v) is 12.1. The molecule has 0 spiro atoms. The van der Waals surface area contributed by atoms with Crippen LogP contribution in [0.15, 0.2) is 190 Å². The van der Waals surface area contributed by atoms with E-state index in [0.717, 1.165) is 49.8 Å². The molecular weight excluding hydrogens is 675 g/mol. The molecule has 9 aromatic rings. The summed E-state index contributed by atoms with van der Waals surface area (Å²) in [6, 6.07) is 57.0. The number of benzene rings is 7. The van der Waals surface area contributed by atoms with Gasteiger partial charge in [-0.25, -0.2) is 23.4 Å². The number of rotatable bonds is 5. The van der Waals surface area contributed by atoms with E-state index in [-0.39, 0.29) is 0 Å². The van der Waals surface area contributed by atoms with Crippen LogP contribution < -0.4 is 0 Å². The Bertz CT molecular complexity index is 2910. The molecule has 0 N–H and O–H groups in total. The largest absolute Gasteiger partial charge is 0.456 e. The Hall–Kier alpha value is -6.70. The molecule has 0 unspecified atom stereocenters. The molecule has 10 rings (SSSR count). The van der Waals surface area contributed by atoms with Crippen molar-refractivity contribution in [2.75, 3.05) is 0 Å². The Kier molecular flexibility index (Phi) is 7.00. The SMILES string of the molecule is O=S1(=O)c2ccccc2C(c2ccccc2)(c2ccc(-c3nc(-c4ccccc4)nc(-c4ccc5c(c4)oc4ccccc45)n3)cc2)c2ccccc21. The average molecular weight is 704 g/mol. The number of fused-ring (bicyclic) bond motifs is 5.